The van der Waals surface area contributed by atoms with Crippen molar-refractivity contribution in [1.82, 2.24) is 0 Å². The van der Waals surface area contributed by atoms with Crippen molar-refractivity contribution in [2.24, 2.45) is 35.5 Å². The Labute approximate surface area is 364 Å². The number of carbonyl (C=O) groups excluding carboxylic acids is 3. The van der Waals surface area contributed by atoms with Gasteiger partial charge < -0.3 is 53.3 Å². The molecule has 0 radical (unpaired) electrons. The van der Waals surface area contributed by atoms with E-state index in [1.165, 1.54) is 6.92 Å². The first-order chi connectivity index (χ1) is 24.7. The summed E-state index contributed by atoms with van der Waals surface area (Å²) in [6.45, 7) is 18.6. The number of carbonyl (C=O) groups is 3. The summed E-state index contributed by atoms with van der Waals surface area (Å²) in [5.74, 6) is -6.92. The van der Waals surface area contributed by atoms with Gasteiger partial charge in [-0.25, -0.2) is 0 Å². The molecular formula is C40H65KO13. The van der Waals surface area contributed by atoms with Gasteiger partial charge in [-0.1, -0.05) is 55.4 Å². The summed E-state index contributed by atoms with van der Waals surface area (Å²) < 4.78 is 44.7. The molecule has 54 heavy (non-hydrogen) atoms. The molecule has 0 aromatic carbocycles. The summed E-state index contributed by atoms with van der Waals surface area (Å²) in [7, 11) is 0. The Bertz CT molecular complexity index is 1330. The van der Waals surface area contributed by atoms with E-state index >= 15 is 0 Å². The van der Waals surface area contributed by atoms with Crippen molar-refractivity contribution < 1.29 is 114 Å². The zero-order chi connectivity index (χ0) is 39.3. The SMILES string of the molecule is CCC(=O)OC[C@]1(O)O[C@H]([C@@H]2C[C@H](C)[C@H]([C@@]3(C)CC[C@H]([C@@]4(C)CC[C@]5(C[C@H](O)[C@@H](C)[C@@H]([C@@H](C)[C@@H](OC(=O)CC)[C@H](C)C(=O)[O-])O5)O4)O3)O2)[C@@H](C)C[C@H]1C.[K+]. The number of aliphatic carboxylic acids is 1. The number of aliphatic hydroxyl groups is 2. The predicted octanol–water partition coefficient (Wildman–Crippen LogP) is 0.820. The van der Waals surface area contributed by atoms with Crippen LogP contribution in [0.25, 0.3) is 0 Å². The average molecular weight is 793 g/mol. The number of rotatable bonds is 12. The molecule has 13 nitrogen and oxygen atoms in total. The van der Waals surface area contributed by atoms with E-state index in [1.807, 2.05) is 20.8 Å². The number of esters is 2. The van der Waals surface area contributed by atoms with Crippen LogP contribution in [0, 0.1) is 35.5 Å². The van der Waals surface area contributed by atoms with Crippen molar-refractivity contribution in [3.8, 4) is 0 Å². The molecule has 0 aromatic heterocycles. The molecule has 5 rings (SSSR count). The summed E-state index contributed by atoms with van der Waals surface area (Å²) in [4.78, 5) is 36.2. The Morgan fingerprint density at radius 2 is 1.57 bits per heavy atom. The van der Waals surface area contributed by atoms with Crippen molar-refractivity contribution in [2.45, 2.75) is 193 Å². The molecule has 14 heteroatoms. The maximum absolute atomic E-state index is 12.3. The first-order valence-corrected chi connectivity index (χ1v) is 20.1. The van der Waals surface area contributed by atoms with E-state index in [4.69, 9.17) is 33.2 Å². The van der Waals surface area contributed by atoms with E-state index < -0.39 is 64.9 Å². The van der Waals surface area contributed by atoms with Crippen LogP contribution in [0.1, 0.15) is 127 Å². The molecule has 0 aliphatic carbocycles. The Morgan fingerprint density at radius 1 is 0.907 bits per heavy atom. The third kappa shape index (κ3) is 9.46. The topological polar surface area (TPSA) is 179 Å². The molecule has 17 atom stereocenters. The molecule has 0 unspecified atom stereocenters. The van der Waals surface area contributed by atoms with Crippen LogP contribution in [0.3, 0.4) is 0 Å². The third-order valence-corrected chi connectivity index (χ3v) is 13.4. The van der Waals surface area contributed by atoms with Gasteiger partial charge in [0.1, 0.15) is 12.7 Å². The number of hydrogen-bond acceptors (Lipinski definition) is 13. The van der Waals surface area contributed by atoms with Gasteiger partial charge in [-0.05, 0) is 57.8 Å². The molecule has 0 saturated carbocycles. The van der Waals surface area contributed by atoms with Gasteiger partial charge in [0, 0.05) is 55.3 Å². The summed E-state index contributed by atoms with van der Waals surface area (Å²) in [5, 5.41) is 34.7. The second-order valence-electron chi connectivity index (χ2n) is 17.6. The number of ether oxygens (including phenoxy) is 7. The van der Waals surface area contributed by atoms with Crippen LogP contribution in [-0.4, -0.2) is 100 Å². The van der Waals surface area contributed by atoms with Gasteiger partial charge in [-0.15, -0.1) is 0 Å². The first-order valence-electron chi connectivity index (χ1n) is 20.1. The quantitative estimate of drug-likeness (QED) is 0.210. The normalized spacial score (nSPS) is 45.3. The Kier molecular flexibility index (Phi) is 15.4. The monoisotopic (exact) mass is 792 g/mol. The van der Waals surface area contributed by atoms with E-state index in [2.05, 4.69) is 20.8 Å². The van der Waals surface area contributed by atoms with Gasteiger partial charge in [0.05, 0.1) is 47.8 Å². The predicted molar refractivity (Wildman–Crippen MR) is 189 cm³/mol. The maximum atomic E-state index is 12.3. The third-order valence-electron chi connectivity index (χ3n) is 13.4. The fourth-order valence-electron chi connectivity index (χ4n) is 9.93. The molecule has 5 aliphatic heterocycles. The van der Waals surface area contributed by atoms with E-state index in [9.17, 15) is 29.7 Å². The zero-order valence-corrected chi connectivity index (χ0v) is 37.6. The molecule has 5 heterocycles. The van der Waals surface area contributed by atoms with Gasteiger partial charge in [-0.2, -0.15) is 0 Å². The minimum absolute atomic E-state index is 0. The number of hydrogen-bond donors (Lipinski definition) is 2. The van der Waals surface area contributed by atoms with Gasteiger partial charge in [0.15, 0.2) is 5.79 Å². The van der Waals surface area contributed by atoms with Crippen molar-refractivity contribution in [3.05, 3.63) is 0 Å². The van der Waals surface area contributed by atoms with Gasteiger partial charge >= 0.3 is 63.3 Å². The van der Waals surface area contributed by atoms with Crippen molar-refractivity contribution in [1.29, 1.82) is 0 Å². The average Bonchev–Trinajstić information content (AvgIpc) is 3.81. The minimum atomic E-state index is -1.59. The van der Waals surface area contributed by atoms with Crippen LogP contribution in [0.15, 0.2) is 0 Å². The summed E-state index contributed by atoms with van der Waals surface area (Å²) in [6.07, 6.45) is 0.977. The summed E-state index contributed by atoms with van der Waals surface area (Å²) >= 11 is 0. The second kappa shape index (κ2) is 17.9. The molecule has 0 bridgehead atoms. The molecular weight excluding hydrogens is 728 g/mol. The van der Waals surface area contributed by atoms with Crippen molar-refractivity contribution in [2.75, 3.05) is 6.61 Å². The molecule has 5 fully saturated rings. The first kappa shape index (κ1) is 46.5. The van der Waals surface area contributed by atoms with Gasteiger partial charge in [0.2, 0.25) is 5.79 Å². The van der Waals surface area contributed by atoms with E-state index in [0.29, 0.717) is 19.3 Å². The molecule has 304 valence electrons. The second-order valence-corrected chi connectivity index (χ2v) is 17.6. The van der Waals surface area contributed by atoms with Crippen LogP contribution >= 0.6 is 0 Å². The molecule has 0 amide bonds. The largest absolute Gasteiger partial charge is 1.00 e. The van der Waals surface area contributed by atoms with E-state index in [1.54, 1.807) is 20.8 Å². The number of aliphatic hydroxyl groups excluding tert-OH is 1. The van der Waals surface area contributed by atoms with Gasteiger partial charge in [0.25, 0.3) is 0 Å². The standard InChI is InChI=1S/C40H66O13.K/c1-11-30(42)47-20-40(46)23(5)17-21(3)32(52-40)28-18-22(4)35(48-28)38(10)14-13-29(50-38)37(9)15-16-39(53-37)19-27(41)24(6)34(51-39)25(7)33(26(8)36(44)45)49-31(43)12-2;/h21-29,32-35,41,46H,11-20H2,1-10H3,(H,44,45);/q;+1/p-1/t21-,22-,23+,24+,25-,26-,27-,28-,29+,32-,33+,34-,35+,37+,38+,39+,40-;/m0./s1. The van der Waals surface area contributed by atoms with Crippen molar-refractivity contribution in [3.63, 3.8) is 0 Å². The van der Waals surface area contributed by atoms with Crippen LogP contribution in [0.2, 0.25) is 0 Å². The number of carboxylic acid groups (broad SMARTS) is 1. The van der Waals surface area contributed by atoms with Crippen LogP contribution in [-0.2, 0) is 47.5 Å². The van der Waals surface area contributed by atoms with E-state index in [0.717, 1.165) is 19.3 Å². The zero-order valence-electron chi connectivity index (χ0n) is 34.5. The summed E-state index contributed by atoms with van der Waals surface area (Å²) in [6, 6.07) is 0. The maximum Gasteiger partial charge on any atom is 1.00 e. The minimum Gasteiger partial charge on any atom is -0.550 e. The molecule has 2 N–H and O–H groups in total. The van der Waals surface area contributed by atoms with Crippen LogP contribution in [0.5, 0.6) is 0 Å². The summed E-state index contributed by atoms with van der Waals surface area (Å²) in [5.41, 5.74) is -1.35. The van der Waals surface area contributed by atoms with E-state index in [-0.39, 0.29) is 131 Å². The fraction of sp³-hybridized carbons (Fsp3) is 0.925. The molecule has 0 aromatic rings. The molecule has 1 spiro atoms. The Morgan fingerprint density at radius 3 is 2.20 bits per heavy atom. The Hall–Kier alpha value is -0.234. The number of carboxylic acids is 1. The van der Waals surface area contributed by atoms with Gasteiger partial charge in [-0.3, -0.25) is 9.59 Å². The fourth-order valence-corrected chi connectivity index (χ4v) is 9.93. The Balaban J connectivity index is 0.00000650. The van der Waals surface area contributed by atoms with Crippen LogP contribution in [0.4, 0.5) is 0 Å². The molecule has 5 saturated heterocycles. The smallest absolute Gasteiger partial charge is 0.550 e. The van der Waals surface area contributed by atoms with Crippen LogP contribution < -0.4 is 56.5 Å². The van der Waals surface area contributed by atoms with Crippen molar-refractivity contribution >= 4 is 17.9 Å². The molecule has 5 aliphatic rings.